The molecule has 0 radical (unpaired) electrons. The first-order valence-corrected chi connectivity index (χ1v) is 12.4. The van der Waals surface area contributed by atoms with Crippen molar-refractivity contribution in [2.24, 2.45) is 5.92 Å². The standard InChI is InChI=1S/C25H33BrN2O3S/c1-4-5-6-7-14-30-21-10-8-9-20(17-21)27-25(32)28-24(29)22-16-19(26)11-12-23(22)31-15-13-18(2)3/h8-12,16-18H,4-7,13-15H2,1-3H3,(H2,27,28,29,32). The largest absolute Gasteiger partial charge is 0.494 e. The van der Waals surface area contributed by atoms with E-state index in [0.717, 1.165) is 28.8 Å². The van der Waals surface area contributed by atoms with Crippen LogP contribution in [0, 0.1) is 5.92 Å². The summed E-state index contributed by atoms with van der Waals surface area (Å²) in [5.41, 5.74) is 1.18. The normalized spacial score (nSPS) is 10.7. The lowest BCUT2D eigenvalue weighted by Gasteiger charge is -2.14. The summed E-state index contributed by atoms with van der Waals surface area (Å²) in [6.07, 6.45) is 5.54. The number of carbonyl (C=O) groups is 1. The maximum absolute atomic E-state index is 12.8. The van der Waals surface area contributed by atoms with E-state index in [1.807, 2.05) is 30.3 Å². The highest BCUT2D eigenvalue weighted by molar-refractivity contribution is 9.10. The minimum absolute atomic E-state index is 0.211. The van der Waals surface area contributed by atoms with Crippen molar-refractivity contribution in [1.29, 1.82) is 0 Å². The minimum Gasteiger partial charge on any atom is -0.494 e. The molecule has 0 saturated heterocycles. The van der Waals surface area contributed by atoms with Gasteiger partial charge in [-0.3, -0.25) is 10.1 Å². The van der Waals surface area contributed by atoms with Crippen LogP contribution in [0.2, 0.25) is 0 Å². The van der Waals surface area contributed by atoms with E-state index in [0.29, 0.717) is 30.4 Å². The molecule has 0 aliphatic heterocycles. The Hall–Kier alpha value is -2.12. The third-order valence-corrected chi connectivity index (χ3v) is 5.42. The van der Waals surface area contributed by atoms with Crippen LogP contribution in [0.15, 0.2) is 46.9 Å². The lowest BCUT2D eigenvalue weighted by molar-refractivity contribution is 0.0973. The Labute approximate surface area is 205 Å². The maximum Gasteiger partial charge on any atom is 0.261 e. The first-order valence-electron chi connectivity index (χ1n) is 11.2. The zero-order chi connectivity index (χ0) is 23.3. The molecule has 7 heteroatoms. The van der Waals surface area contributed by atoms with Gasteiger partial charge >= 0.3 is 0 Å². The van der Waals surface area contributed by atoms with E-state index in [2.05, 4.69) is 47.3 Å². The molecule has 2 aromatic carbocycles. The van der Waals surface area contributed by atoms with Crippen LogP contribution >= 0.6 is 28.1 Å². The van der Waals surface area contributed by atoms with Gasteiger partial charge in [0.05, 0.1) is 18.8 Å². The molecule has 2 rings (SSSR count). The zero-order valence-corrected chi connectivity index (χ0v) is 21.5. The molecule has 0 bridgehead atoms. The van der Waals surface area contributed by atoms with Crippen molar-refractivity contribution in [2.75, 3.05) is 18.5 Å². The molecule has 0 atom stereocenters. The lowest BCUT2D eigenvalue weighted by atomic mass is 10.1. The third kappa shape index (κ3) is 9.57. The van der Waals surface area contributed by atoms with Gasteiger partial charge in [0.15, 0.2) is 5.11 Å². The number of unbranched alkanes of at least 4 members (excludes halogenated alkanes) is 3. The summed E-state index contributed by atoms with van der Waals surface area (Å²) in [5.74, 6) is 1.50. The van der Waals surface area contributed by atoms with Gasteiger partial charge in [-0.05, 0) is 61.3 Å². The number of ether oxygens (including phenoxy) is 2. The third-order valence-electron chi connectivity index (χ3n) is 4.72. The molecule has 0 saturated carbocycles. The molecule has 2 N–H and O–H groups in total. The molecule has 1 amide bonds. The predicted molar refractivity (Wildman–Crippen MR) is 139 cm³/mol. The Balaban J connectivity index is 1.93. The van der Waals surface area contributed by atoms with Crippen LogP contribution in [-0.4, -0.2) is 24.2 Å². The van der Waals surface area contributed by atoms with Crippen molar-refractivity contribution >= 4 is 44.9 Å². The summed E-state index contributed by atoms with van der Waals surface area (Å²) in [4.78, 5) is 12.8. The number of halogens is 1. The van der Waals surface area contributed by atoms with Gasteiger partial charge in [-0.1, -0.05) is 62.0 Å². The second-order valence-electron chi connectivity index (χ2n) is 8.02. The van der Waals surface area contributed by atoms with Gasteiger partial charge in [0.1, 0.15) is 11.5 Å². The van der Waals surface area contributed by atoms with Gasteiger partial charge in [-0.15, -0.1) is 0 Å². The monoisotopic (exact) mass is 520 g/mol. The van der Waals surface area contributed by atoms with Gasteiger partial charge in [-0.2, -0.15) is 0 Å². The van der Waals surface area contributed by atoms with E-state index < -0.39 is 0 Å². The summed E-state index contributed by atoms with van der Waals surface area (Å²) in [5, 5.41) is 6.00. The van der Waals surface area contributed by atoms with Gasteiger partial charge < -0.3 is 14.8 Å². The van der Waals surface area contributed by atoms with E-state index in [9.17, 15) is 4.79 Å². The zero-order valence-electron chi connectivity index (χ0n) is 19.1. The van der Waals surface area contributed by atoms with Crippen molar-refractivity contribution in [3.05, 3.63) is 52.5 Å². The maximum atomic E-state index is 12.8. The highest BCUT2D eigenvalue weighted by atomic mass is 79.9. The average molecular weight is 522 g/mol. The number of hydrogen-bond donors (Lipinski definition) is 2. The second-order valence-corrected chi connectivity index (χ2v) is 9.34. The van der Waals surface area contributed by atoms with E-state index in [1.54, 1.807) is 12.1 Å². The van der Waals surface area contributed by atoms with Crippen molar-refractivity contribution < 1.29 is 14.3 Å². The highest BCUT2D eigenvalue weighted by Gasteiger charge is 2.15. The summed E-state index contributed by atoms with van der Waals surface area (Å²) in [6.45, 7) is 7.69. The quantitative estimate of drug-likeness (QED) is 0.234. The molecule has 0 aromatic heterocycles. The van der Waals surface area contributed by atoms with Crippen molar-refractivity contribution in [2.45, 2.75) is 52.9 Å². The SMILES string of the molecule is CCCCCCOc1cccc(NC(=S)NC(=O)c2cc(Br)ccc2OCCC(C)C)c1. The summed E-state index contributed by atoms with van der Waals surface area (Å²) in [7, 11) is 0. The van der Waals surface area contributed by atoms with Gasteiger partial charge in [0, 0.05) is 16.2 Å². The first kappa shape index (κ1) is 26.1. The van der Waals surface area contributed by atoms with Crippen LogP contribution in [0.25, 0.3) is 0 Å². The molecule has 0 aliphatic rings. The number of amides is 1. The van der Waals surface area contributed by atoms with E-state index in [-0.39, 0.29) is 11.0 Å². The molecule has 32 heavy (non-hydrogen) atoms. The predicted octanol–water partition coefficient (Wildman–Crippen LogP) is 6.96. The fraction of sp³-hybridized carbons (Fsp3) is 0.440. The smallest absolute Gasteiger partial charge is 0.261 e. The summed E-state index contributed by atoms with van der Waals surface area (Å²) < 4.78 is 12.4. The second kappa shape index (κ2) is 14.1. The first-order chi connectivity index (χ1) is 15.4. The number of anilines is 1. The summed E-state index contributed by atoms with van der Waals surface area (Å²) in [6, 6.07) is 12.9. The number of thiocarbonyl (C=S) groups is 1. The number of hydrogen-bond acceptors (Lipinski definition) is 4. The van der Waals surface area contributed by atoms with Crippen molar-refractivity contribution in [1.82, 2.24) is 5.32 Å². The van der Waals surface area contributed by atoms with Gasteiger partial charge in [0.25, 0.3) is 5.91 Å². The number of benzene rings is 2. The highest BCUT2D eigenvalue weighted by Crippen LogP contribution is 2.24. The Morgan fingerprint density at radius 2 is 1.88 bits per heavy atom. The molecule has 0 unspecified atom stereocenters. The van der Waals surface area contributed by atoms with Crippen LogP contribution in [0.5, 0.6) is 11.5 Å². The van der Waals surface area contributed by atoms with E-state index in [1.165, 1.54) is 19.3 Å². The van der Waals surface area contributed by atoms with Crippen LogP contribution in [0.1, 0.15) is 63.2 Å². The number of rotatable bonds is 12. The van der Waals surface area contributed by atoms with Crippen LogP contribution in [0.3, 0.4) is 0 Å². The average Bonchev–Trinajstić information content (AvgIpc) is 2.74. The molecular formula is C25H33BrN2O3S. The fourth-order valence-electron chi connectivity index (χ4n) is 2.93. The molecule has 5 nitrogen and oxygen atoms in total. The fourth-order valence-corrected chi connectivity index (χ4v) is 3.50. The molecule has 0 aliphatic carbocycles. The topological polar surface area (TPSA) is 59.6 Å². The Bertz CT molecular complexity index is 889. The van der Waals surface area contributed by atoms with Gasteiger partial charge in [0.2, 0.25) is 0 Å². The van der Waals surface area contributed by atoms with E-state index in [4.69, 9.17) is 21.7 Å². The van der Waals surface area contributed by atoms with E-state index >= 15 is 0 Å². The molecule has 0 spiro atoms. The lowest BCUT2D eigenvalue weighted by Crippen LogP contribution is -2.34. The number of nitrogens with one attached hydrogen (secondary N) is 2. The Kier molecular flexibility index (Phi) is 11.5. The Morgan fingerprint density at radius 3 is 2.62 bits per heavy atom. The molecular weight excluding hydrogens is 488 g/mol. The number of carbonyl (C=O) groups excluding carboxylic acids is 1. The molecule has 2 aromatic rings. The van der Waals surface area contributed by atoms with Gasteiger partial charge in [-0.25, -0.2) is 0 Å². The molecule has 174 valence electrons. The minimum atomic E-state index is -0.327. The summed E-state index contributed by atoms with van der Waals surface area (Å²) >= 11 is 8.77. The molecule has 0 heterocycles. The van der Waals surface area contributed by atoms with Crippen LogP contribution in [-0.2, 0) is 0 Å². The van der Waals surface area contributed by atoms with Crippen LogP contribution in [0.4, 0.5) is 5.69 Å². The molecule has 0 fully saturated rings. The Morgan fingerprint density at radius 1 is 1.06 bits per heavy atom. The van der Waals surface area contributed by atoms with Crippen molar-refractivity contribution in [3.63, 3.8) is 0 Å². The van der Waals surface area contributed by atoms with Crippen LogP contribution < -0.4 is 20.1 Å². The van der Waals surface area contributed by atoms with Crippen molar-refractivity contribution in [3.8, 4) is 11.5 Å².